The summed E-state index contributed by atoms with van der Waals surface area (Å²) in [6.45, 7) is 9.96. The second-order valence-electron chi connectivity index (χ2n) is 9.30. The third kappa shape index (κ3) is 15.5. The number of aliphatic imine (C=N–C) groups is 2. The predicted molar refractivity (Wildman–Crippen MR) is 145 cm³/mol. The van der Waals surface area contributed by atoms with Crippen molar-refractivity contribution in [2.45, 2.75) is 57.5 Å². The lowest BCUT2D eigenvalue weighted by Crippen LogP contribution is -2.48. The van der Waals surface area contributed by atoms with Crippen molar-refractivity contribution < 1.29 is 9.59 Å². The van der Waals surface area contributed by atoms with Gasteiger partial charge in [-0.2, -0.15) is 0 Å². The Morgan fingerprint density at radius 2 is 1.17 bits per heavy atom. The number of hydrogen-bond donors (Lipinski definition) is 7. The second-order valence-corrected chi connectivity index (χ2v) is 9.30. The Labute approximate surface area is 215 Å². The molecule has 0 spiro atoms. The molecule has 1 aliphatic heterocycles. The molecule has 0 aromatic rings. The van der Waals surface area contributed by atoms with Crippen molar-refractivity contribution in [3.63, 3.8) is 0 Å². The van der Waals surface area contributed by atoms with Crippen LogP contribution in [0.15, 0.2) is 9.98 Å². The Balaban J connectivity index is 2.04. The molecular weight excluding hydrogens is 462 g/mol. The van der Waals surface area contributed by atoms with E-state index in [0.29, 0.717) is 51.3 Å². The fourth-order valence-electron chi connectivity index (χ4n) is 3.88. The molecule has 208 valence electrons. The first kappa shape index (κ1) is 31.5. The van der Waals surface area contributed by atoms with Crippen molar-refractivity contribution in [1.82, 2.24) is 20.4 Å². The first-order valence-corrected chi connectivity index (χ1v) is 13.0. The minimum Gasteiger partial charge on any atom is -0.388 e. The van der Waals surface area contributed by atoms with E-state index in [1.807, 2.05) is 0 Å². The first-order valence-electron chi connectivity index (χ1n) is 13.0. The Bertz CT molecular complexity index is 628. The predicted octanol–water partition coefficient (Wildman–Crippen LogP) is -2.52. The summed E-state index contributed by atoms with van der Waals surface area (Å²) < 4.78 is 0. The Kier molecular flexibility index (Phi) is 16.4. The fourth-order valence-corrected chi connectivity index (χ4v) is 3.88. The van der Waals surface area contributed by atoms with Gasteiger partial charge in [0.15, 0.2) is 5.96 Å². The summed E-state index contributed by atoms with van der Waals surface area (Å²) in [4.78, 5) is 37.0. The highest BCUT2D eigenvalue weighted by Crippen LogP contribution is 2.03. The van der Waals surface area contributed by atoms with Gasteiger partial charge in [0, 0.05) is 52.4 Å². The molecule has 1 heterocycles. The zero-order valence-corrected chi connectivity index (χ0v) is 22.0. The van der Waals surface area contributed by atoms with E-state index in [0.717, 1.165) is 58.5 Å². The van der Waals surface area contributed by atoms with Crippen LogP contribution in [-0.2, 0) is 9.59 Å². The lowest BCUT2D eigenvalue weighted by molar-refractivity contribution is -0.123. The summed E-state index contributed by atoms with van der Waals surface area (Å²) in [5, 5.41) is 5.84. The van der Waals surface area contributed by atoms with E-state index in [1.54, 1.807) is 6.92 Å². The molecule has 2 atom stereocenters. The smallest absolute Gasteiger partial charge is 0.236 e. The van der Waals surface area contributed by atoms with E-state index < -0.39 is 12.1 Å². The number of nitrogens with one attached hydrogen (secondary N) is 2. The van der Waals surface area contributed by atoms with Gasteiger partial charge in [-0.3, -0.25) is 19.6 Å². The van der Waals surface area contributed by atoms with Gasteiger partial charge in [-0.25, -0.2) is 0 Å². The van der Waals surface area contributed by atoms with Gasteiger partial charge in [0.25, 0.3) is 0 Å². The van der Waals surface area contributed by atoms with Crippen LogP contribution in [0.2, 0.25) is 0 Å². The third-order valence-electron chi connectivity index (χ3n) is 6.04. The van der Waals surface area contributed by atoms with Crippen molar-refractivity contribution in [3.8, 4) is 0 Å². The summed E-state index contributed by atoms with van der Waals surface area (Å²) >= 11 is 0. The van der Waals surface area contributed by atoms with E-state index in [9.17, 15) is 9.59 Å². The van der Waals surface area contributed by atoms with Gasteiger partial charge in [0.1, 0.15) is 0 Å². The molecule has 1 saturated heterocycles. The molecule has 0 aromatic heterocycles. The molecule has 1 rings (SSSR count). The second kappa shape index (κ2) is 18.7. The van der Waals surface area contributed by atoms with E-state index in [4.69, 9.17) is 28.7 Å². The number of amidine groups is 1. The Hall–Kier alpha value is -2.48. The number of carbonyl (C=O) groups excluding carboxylic acids is 2. The number of nitrogens with zero attached hydrogens (tertiary/aromatic N) is 4. The van der Waals surface area contributed by atoms with Crippen molar-refractivity contribution in [2.24, 2.45) is 38.7 Å². The SMILES string of the molecule is CC(N)=NCCC[C@H](N)C(=O)NCCCN1CCN(CCCNC(=O)[C@@H](N)CCCN=C(N)N)CC1. The summed E-state index contributed by atoms with van der Waals surface area (Å²) in [7, 11) is 0. The molecule has 13 heteroatoms. The van der Waals surface area contributed by atoms with Crippen molar-refractivity contribution in [3.05, 3.63) is 0 Å². The topological polar surface area (TPSA) is 220 Å². The molecule has 0 radical (unpaired) electrons. The molecule has 1 aliphatic rings. The largest absolute Gasteiger partial charge is 0.388 e. The lowest BCUT2D eigenvalue weighted by Gasteiger charge is -2.34. The molecule has 12 N–H and O–H groups in total. The summed E-state index contributed by atoms with van der Waals surface area (Å²) in [5.41, 5.74) is 27.9. The number of hydrogen-bond acceptors (Lipinski definition) is 8. The zero-order valence-electron chi connectivity index (χ0n) is 22.0. The maximum absolute atomic E-state index is 12.1. The summed E-state index contributed by atoms with van der Waals surface area (Å²) in [6.07, 6.45) is 4.34. The molecule has 0 bridgehead atoms. The number of amides is 2. The number of carbonyl (C=O) groups is 2. The number of rotatable bonds is 18. The van der Waals surface area contributed by atoms with Crippen LogP contribution in [0.4, 0.5) is 0 Å². The quantitative estimate of drug-likeness (QED) is 0.0585. The van der Waals surface area contributed by atoms with Crippen molar-refractivity contribution >= 4 is 23.6 Å². The molecule has 36 heavy (non-hydrogen) atoms. The van der Waals surface area contributed by atoms with Gasteiger partial charge in [-0.15, -0.1) is 0 Å². The van der Waals surface area contributed by atoms with Crippen LogP contribution in [0.1, 0.15) is 45.4 Å². The van der Waals surface area contributed by atoms with Gasteiger partial charge in [-0.05, 0) is 58.5 Å². The van der Waals surface area contributed by atoms with Crippen LogP contribution in [0.5, 0.6) is 0 Å². The third-order valence-corrected chi connectivity index (χ3v) is 6.04. The molecule has 0 aromatic carbocycles. The average molecular weight is 512 g/mol. The minimum atomic E-state index is -0.538. The summed E-state index contributed by atoms with van der Waals surface area (Å²) in [5.74, 6) is 0.364. The van der Waals surface area contributed by atoms with Gasteiger partial charge < -0.3 is 49.1 Å². The minimum absolute atomic E-state index is 0.0510. The molecule has 0 aliphatic carbocycles. The Morgan fingerprint density at radius 1 is 0.750 bits per heavy atom. The molecule has 0 saturated carbocycles. The van der Waals surface area contributed by atoms with Crippen LogP contribution >= 0.6 is 0 Å². The van der Waals surface area contributed by atoms with Crippen LogP contribution in [0, 0.1) is 0 Å². The van der Waals surface area contributed by atoms with Crippen LogP contribution in [-0.4, -0.2) is 111 Å². The van der Waals surface area contributed by atoms with Crippen molar-refractivity contribution in [1.29, 1.82) is 0 Å². The van der Waals surface area contributed by atoms with E-state index in [-0.39, 0.29) is 17.8 Å². The first-order chi connectivity index (χ1) is 17.2. The highest BCUT2D eigenvalue weighted by molar-refractivity contribution is 5.81. The number of nitrogens with two attached hydrogens (primary N) is 5. The van der Waals surface area contributed by atoms with E-state index in [1.165, 1.54) is 0 Å². The molecular formula is C23H49N11O2. The highest BCUT2D eigenvalue weighted by atomic mass is 16.2. The van der Waals surface area contributed by atoms with Gasteiger partial charge in [-0.1, -0.05) is 0 Å². The molecule has 2 amide bonds. The van der Waals surface area contributed by atoms with Gasteiger partial charge in [0.05, 0.1) is 17.9 Å². The number of piperazine rings is 1. The van der Waals surface area contributed by atoms with Crippen LogP contribution in [0.25, 0.3) is 0 Å². The Morgan fingerprint density at radius 3 is 1.56 bits per heavy atom. The van der Waals surface area contributed by atoms with Gasteiger partial charge >= 0.3 is 0 Å². The highest BCUT2D eigenvalue weighted by Gasteiger charge is 2.17. The van der Waals surface area contributed by atoms with E-state index >= 15 is 0 Å². The standard InChI is InChI=1S/C23H49N11O2/c1-18(24)29-8-2-6-19(25)21(35)30-10-4-12-33-14-16-34(17-15-33)13-5-11-31-22(36)20(26)7-3-9-32-23(27)28/h19-20H,2-17,25-26H2,1H3,(H2,24,29)(H,30,35)(H,31,36)(H4,27,28,32)/t19-,20-/m0/s1. The maximum Gasteiger partial charge on any atom is 0.236 e. The normalized spacial score (nSPS) is 16.8. The maximum atomic E-state index is 12.1. The average Bonchev–Trinajstić information content (AvgIpc) is 2.84. The van der Waals surface area contributed by atoms with Crippen LogP contribution in [0.3, 0.4) is 0 Å². The van der Waals surface area contributed by atoms with E-state index in [2.05, 4.69) is 30.4 Å². The summed E-state index contributed by atoms with van der Waals surface area (Å²) in [6, 6.07) is -1.04. The van der Waals surface area contributed by atoms with Crippen LogP contribution < -0.4 is 39.3 Å². The number of guanidine groups is 1. The fraction of sp³-hybridized carbons (Fsp3) is 0.826. The zero-order chi connectivity index (χ0) is 26.8. The monoisotopic (exact) mass is 511 g/mol. The molecule has 13 nitrogen and oxygen atoms in total. The molecule has 1 fully saturated rings. The van der Waals surface area contributed by atoms with Crippen molar-refractivity contribution in [2.75, 3.05) is 65.4 Å². The lowest BCUT2D eigenvalue weighted by atomic mass is 10.1. The molecule has 0 unspecified atom stereocenters. The van der Waals surface area contributed by atoms with Gasteiger partial charge in [0.2, 0.25) is 11.8 Å².